The molecule has 3 aromatic heterocycles. The minimum atomic E-state index is -0.420. The van der Waals surface area contributed by atoms with E-state index in [2.05, 4.69) is 181 Å². The highest BCUT2D eigenvalue weighted by Gasteiger charge is 2.48. The van der Waals surface area contributed by atoms with Crippen molar-refractivity contribution < 1.29 is 11.3 Å². The molecule has 0 spiro atoms. The molecule has 0 amide bonds. The predicted molar refractivity (Wildman–Crippen MR) is 284 cm³/mol. The Labute approximate surface area is 395 Å². The van der Waals surface area contributed by atoms with Gasteiger partial charge in [0.2, 0.25) is 0 Å². The van der Waals surface area contributed by atoms with E-state index in [9.17, 15) is 0 Å². The Balaban J connectivity index is 1.11. The molecule has 13 aromatic rings. The Morgan fingerprint density at radius 2 is 1.09 bits per heavy atom. The van der Waals surface area contributed by atoms with Gasteiger partial charge < -0.3 is 18.6 Å². The van der Waals surface area contributed by atoms with Crippen LogP contribution in [0.2, 0.25) is 0 Å². The molecule has 0 bridgehead atoms. The van der Waals surface area contributed by atoms with Crippen LogP contribution in [0, 0.1) is 0 Å². The normalized spacial score (nSPS) is 14.6. The maximum absolute atomic E-state index is 8.92. The molecule has 2 aliphatic rings. The molecule has 15 rings (SSSR count). The predicted octanol–water partition coefficient (Wildman–Crippen LogP) is 14.9. The molecule has 5 heterocycles. The Bertz CT molecular complexity index is 4490. The monoisotopic (exact) mass is 860 g/mol. The maximum atomic E-state index is 8.92. The minimum absolute atomic E-state index is 0.140. The molecule has 0 saturated carbocycles. The van der Waals surface area contributed by atoms with Gasteiger partial charge in [0.15, 0.2) is 0 Å². The van der Waals surface area contributed by atoms with E-state index >= 15 is 0 Å². The number of anilines is 6. The summed E-state index contributed by atoms with van der Waals surface area (Å²) in [6.45, 7) is 6.48. The molecule has 5 heteroatoms. The summed E-state index contributed by atoms with van der Waals surface area (Å²) in [5.41, 5.74) is 14.8. The van der Waals surface area contributed by atoms with Gasteiger partial charge in [0, 0.05) is 55.1 Å². The lowest BCUT2D eigenvalue weighted by Gasteiger charge is -2.43. The third kappa shape index (κ3) is 4.88. The van der Waals surface area contributed by atoms with Crippen LogP contribution in [-0.2, 0) is 5.41 Å². The van der Waals surface area contributed by atoms with Crippen LogP contribution in [-0.4, -0.2) is 11.1 Å². The zero-order valence-electron chi connectivity index (χ0n) is 42.0. The Kier molecular flexibility index (Phi) is 6.37. The SMILES string of the molecule is [2H]c1c([2H])c([2H])c(-c2ccc3c4c(oc3c2)B2c3ccc5c(c3N(c3ccccc3)c3cc(C(C)(C)C)cc(c32)N4c2ccccc2)c2cccc3c4c6ccccc6c6ccccc6c4n5c23)c([2H])c1[2H]. The Hall–Kier alpha value is -8.28. The van der Waals surface area contributed by atoms with E-state index in [1.165, 1.54) is 54.3 Å². The average Bonchev–Trinajstić information content (AvgIpc) is 4.08. The van der Waals surface area contributed by atoms with Crippen LogP contribution >= 0.6 is 0 Å². The van der Waals surface area contributed by atoms with Crippen molar-refractivity contribution in [1.82, 2.24) is 4.40 Å². The van der Waals surface area contributed by atoms with Crippen LogP contribution in [0.25, 0.3) is 81.7 Å². The van der Waals surface area contributed by atoms with E-state index in [1.807, 2.05) is 24.3 Å². The number of para-hydroxylation sites is 3. The zero-order chi connectivity index (χ0) is 48.6. The van der Waals surface area contributed by atoms with Crippen LogP contribution in [0.15, 0.2) is 204 Å². The molecule has 0 N–H and O–H groups in total. The van der Waals surface area contributed by atoms with Crippen LogP contribution in [0.3, 0.4) is 0 Å². The third-order valence-corrected chi connectivity index (χ3v) is 14.7. The molecule has 0 fully saturated rings. The fraction of sp³-hybridized carbons (Fsp3) is 0.0645. The largest absolute Gasteiger partial charge is 0.468 e. The molecule has 0 atom stereocenters. The fourth-order valence-electron chi connectivity index (χ4n) is 11.8. The van der Waals surface area contributed by atoms with Crippen molar-refractivity contribution in [1.29, 1.82) is 0 Å². The summed E-state index contributed by atoms with van der Waals surface area (Å²) in [5.74, 6) is 0. The first-order valence-electron chi connectivity index (χ1n) is 25.6. The third-order valence-electron chi connectivity index (χ3n) is 14.7. The maximum Gasteiger partial charge on any atom is 0.297 e. The summed E-state index contributed by atoms with van der Waals surface area (Å²) in [6.07, 6.45) is 0. The summed E-state index contributed by atoms with van der Waals surface area (Å²) in [7, 11) is 0. The molecular formula is C62H42BN3O. The first-order valence-corrected chi connectivity index (χ1v) is 23.1. The first-order chi connectivity index (χ1) is 35.0. The molecule has 0 aliphatic carbocycles. The van der Waals surface area contributed by atoms with Crippen molar-refractivity contribution in [3.63, 3.8) is 0 Å². The smallest absolute Gasteiger partial charge is 0.297 e. The van der Waals surface area contributed by atoms with Gasteiger partial charge in [-0.3, -0.25) is 0 Å². The quantitative estimate of drug-likeness (QED) is 0.131. The number of furan rings is 1. The highest BCUT2D eigenvalue weighted by atomic mass is 16.3. The van der Waals surface area contributed by atoms with E-state index in [-0.39, 0.29) is 41.9 Å². The van der Waals surface area contributed by atoms with E-state index in [0.29, 0.717) is 11.1 Å². The number of hydrogen-bond acceptors (Lipinski definition) is 3. The molecule has 0 unspecified atom stereocenters. The molecule has 4 nitrogen and oxygen atoms in total. The van der Waals surface area contributed by atoms with Crippen LogP contribution in [0.4, 0.5) is 34.1 Å². The molecule has 0 radical (unpaired) electrons. The number of rotatable bonds is 3. The van der Waals surface area contributed by atoms with Gasteiger partial charge in [0.1, 0.15) is 5.58 Å². The average molecular weight is 861 g/mol. The summed E-state index contributed by atoms with van der Waals surface area (Å²) in [5, 5.41) is 10.6. The second-order valence-electron chi connectivity index (χ2n) is 19.2. The zero-order valence-corrected chi connectivity index (χ0v) is 37.0. The van der Waals surface area contributed by atoms with Gasteiger partial charge in [0.05, 0.1) is 40.4 Å². The molecular weight excluding hydrogens is 814 g/mol. The van der Waals surface area contributed by atoms with E-state index in [0.717, 1.165) is 67.0 Å². The van der Waals surface area contributed by atoms with Gasteiger partial charge in [-0.1, -0.05) is 166 Å². The van der Waals surface area contributed by atoms with Crippen molar-refractivity contribution in [2.45, 2.75) is 26.2 Å². The van der Waals surface area contributed by atoms with Crippen molar-refractivity contribution in [2.75, 3.05) is 9.80 Å². The Morgan fingerprint density at radius 3 is 1.78 bits per heavy atom. The summed E-state index contributed by atoms with van der Waals surface area (Å²) in [6, 6.07) is 59.2. The highest BCUT2D eigenvalue weighted by Crippen LogP contribution is 2.53. The minimum Gasteiger partial charge on any atom is -0.468 e. The summed E-state index contributed by atoms with van der Waals surface area (Å²) < 4.78 is 53.1. The topological polar surface area (TPSA) is 24.0 Å². The molecule has 0 saturated heterocycles. The molecule has 314 valence electrons. The van der Waals surface area contributed by atoms with Crippen LogP contribution in [0.5, 0.6) is 0 Å². The van der Waals surface area contributed by atoms with Crippen molar-refractivity contribution >= 4 is 128 Å². The van der Waals surface area contributed by atoms with Gasteiger partial charge >= 0.3 is 0 Å². The fourth-order valence-corrected chi connectivity index (χ4v) is 11.8. The van der Waals surface area contributed by atoms with Gasteiger partial charge in [-0.2, -0.15) is 0 Å². The van der Waals surface area contributed by atoms with E-state index < -0.39 is 6.04 Å². The molecule has 67 heavy (non-hydrogen) atoms. The molecule has 10 aromatic carbocycles. The number of nitrogens with zero attached hydrogens (tertiary/aromatic N) is 3. The molecule has 2 aliphatic heterocycles. The van der Waals surface area contributed by atoms with Crippen molar-refractivity contribution in [2.24, 2.45) is 0 Å². The van der Waals surface area contributed by atoms with Gasteiger partial charge in [-0.05, 0) is 104 Å². The summed E-state index contributed by atoms with van der Waals surface area (Å²) >= 11 is 0. The highest BCUT2D eigenvalue weighted by molar-refractivity contribution is 7.00. The lowest BCUT2D eigenvalue weighted by molar-refractivity contribution is 0.590. The second kappa shape index (κ2) is 13.2. The lowest BCUT2D eigenvalue weighted by Crippen LogP contribution is -2.61. The number of aromatic nitrogens is 1. The van der Waals surface area contributed by atoms with E-state index in [4.69, 9.17) is 11.3 Å². The number of benzene rings is 10. The van der Waals surface area contributed by atoms with Crippen LogP contribution in [0.1, 0.15) is 33.2 Å². The van der Waals surface area contributed by atoms with Crippen molar-refractivity contribution in [3.8, 4) is 11.1 Å². The first kappa shape index (κ1) is 32.4. The van der Waals surface area contributed by atoms with Gasteiger partial charge in [-0.25, -0.2) is 0 Å². The Morgan fingerprint density at radius 1 is 0.493 bits per heavy atom. The van der Waals surface area contributed by atoms with Crippen molar-refractivity contribution in [3.05, 3.63) is 206 Å². The van der Waals surface area contributed by atoms with Gasteiger partial charge in [-0.15, -0.1) is 0 Å². The van der Waals surface area contributed by atoms with Gasteiger partial charge in [0.25, 0.3) is 6.71 Å². The second-order valence-corrected chi connectivity index (χ2v) is 19.2. The lowest BCUT2D eigenvalue weighted by atomic mass is 9.35. The standard InChI is InChI=1S/C62H42BN3O/c1-62(2,3)39-35-51-56-52(36-39)65(41-22-11-6-12-23-41)60-49(63(56)61-59(64(51)40-20-9-5-10-21-40)46-31-30-38(34-53(46)67-61)37-18-7-4-8-19-37)32-33-50-55(60)48-29-17-28-47-54-44-26-15-13-24-42(44)43-25-14-16-27-45(43)58(54)66(50)57(47)48/h4-36H,1-3H3/i4D,7D,8D,18D,19D. The number of fused-ring (bicyclic) bond motifs is 18. The number of hydrogen-bond donors (Lipinski definition) is 0. The van der Waals surface area contributed by atoms with E-state index in [1.54, 1.807) is 0 Å². The van der Waals surface area contributed by atoms with Crippen LogP contribution < -0.4 is 26.4 Å². The summed E-state index contributed by atoms with van der Waals surface area (Å²) in [4.78, 5) is 4.86.